The number of rotatable bonds is 26. The van der Waals surface area contributed by atoms with Crippen LogP contribution in [0.2, 0.25) is 0 Å². The van der Waals surface area contributed by atoms with Crippen molar-refractivity contribution in [2.45, 2.75) is 154 Å². The van der Waals surface area contributed by atoms with Crippen LogP contribution in [0.1, 0.15) is 136 Å². The molecule has 0 aromatic heterocycles. The average Bonchev–Trinajstić information content (AvgIpc) is 2.90. The molecule has 0 aliphatic rings. The number of unbranched alkanes of at least 4 members (excludes halogenated alkanes) is 12. The fourth-order valence-electron chi connectivity index (χ4n) is 4.21. The number of allylic oxidation sites excluding steroid dienone is 6. The Labute approximate surface area is 228 Å². The number of nitrogens with one attached hydrogen (secondary N) is 1. The van der Waals surface area contributed by atoms with Crippen molar-refractivity contribution in [1.82, 2.24) is 5.32 Å². The third kappa shape index (κ3) is 23.4. The van der Waals surface area contributed by atoms with Gasteiger partial charge in [-0.05, 0) is 70.6 Å². The van der Waals surface area contributed by atoms with E-state index in [0.717, 1.165) is 51.4 Å². The van der Waals surface area contributed by atoms with Crippen LogP contribution in [0.4, 0.5) is 0 Å². The molecular formula is C32H59NO4. The molecule has 1 amide bonds. The lowest BCUT2D eigenvalue weighted by Gasteiger charge is -2.26. The minimum absolute atomic E-state index is 0.175. The van der Waals surface area contributed by atoms with Crippen LogP contribution in [0.3, 0.4) is 0 Å². The van der Waals surface area contributed by atoms with Crippen LogP contribution in [-0.2, 0) is 4.79 Å². The minimum atomic E-state index is -1.17. The molecule has 216 valence electrons. The van der Waals surface area contributed by atoms with Gasteiger partial charge in [0, 0.05) is 6.42 Å². The lowest BCUT2D eigenvalue weighted by molar-refractivity contribution is -0.124. The molecule has 4 N–H and O–H groups in total. The summed E-state index contributed by atoms with van der Waals surface area (Å²) >= 11 is 0. The maximum atomic E-state index is 12.2. The molecule has 0 aliphatic heterocycles. The summed E-state index contributed by atoms with van der Waals surface area (Å²) in [6.07, 6.45) is 30.8. The SMILES string of the molecule is CCCC/C=C\CCCCCCCC(=O)NC(CO)C(O)C(O)CCC/C=C/CC/C=C/CCCCC. The van der Waals surface area contributed by atoms with Crippen molar-refractivity contribution in [3.63, 3.8) is 0 Å². The summed E-state index contributed by atoms with van der Waals surface area (Å²) < 4.78 is 0. The Morgan fingerprint density at radius 1 is 0.649 bits per heavy atom. The van der Waals surface area contributed by atoms with Gasteiger partial charge in [-0.3, -0.25) is 4.79 Å². The quantitative estimate of drug-likeness (QED) is 0.0710. The van der Waals surface area contributed by atoms with Crippen molar-refractivity contribution in [1.29, 1.82) is 0 Å². The highest BCUT2D eigenvalue weighted by Crippen LogP contribution is 2.11. The molecule has 0 saturated heterocycles. The fraction of sp³-hybridized carbons (Fsp3) is 0.781. The number of amides is 1. The second-order valence-electron chi connectivity index (χ2n) is 10.3. The summed E-state index contributed by atoms with van der Waals surface area (Å²) in [7, 11) is 0. The van der Waals surface area contributed by atoms with E-state index in [1.807, 2.05) is 0 Å². The molecule has 0 bridgehead atoms. The minimum Gasteiger partial charge on any atom is -0.394 e. The average molecular weight is 522 g/mol. The first-order valence-corrected chi connectivity index (χ1v) is 15.3. The number of carbonyl (C=O) groups is 1. The number of hydrogen-bond donors (Lipinski definition) is 4. The third-order valence-electron chi connectivity index (χ3n) is 6.69. The van der Waals surface area contributed by atoms with Gasteiger partial charge < -0.3 is 20.6 Å². The monoisotopic (exact) mass is 521 g/mol. The first-order valence-electron chi connectivity index (χ1n) is 15.3. The van der Waals surface area contributed by atoms with E-state index in [1.54, 1.807) is 0 Å². The number of hydrogen-bond acceptors (Lipinski definition) is 4. The van der Waals surface area contributed by atoms with Gasteiger partial charge in [0.2, 0.25) is 5.91 Å². The van der Waals surface area contributed by atoms with E-state index < -0.39 is 18.2 Å². The van der Waals surface area contributed by atoms with Crippen LogP contribution < -0.4 is 5.32 Å². The topological polar surface area (TPSA) is 89.8 Å². The first-order chi connectivity index (χ1) is 18.1. The van der Waals surface area contributed by atoms with Gasteiger partial charge in [0.25, 0.3) is 0 Å². The van der Waals surface area contributed by atoms with Gasteiger partial charge in [0.05, 0.1) is 18.8 Å². The molecule has 0 rings (SSSR count). The van der Waals surface area contributed by atoms with Crippen LogP contribution in [0, 0.1) is 0 Å². The fourth-order valence-corrected chi connectivity index (χ4v) is 4.21. The number of aliphatic hydroxyl groups excluding tert-OH is 3. The van der Waals surface area contributed by atoms with Gasteiger partial charge in [-0.15, -0.1) is 0 Å². The summed E-state index contributed by atoms with van der Waals surface area (Å²) in [4.78, 5) is 12.2. The van der Waals surface area contributed by atoms with Crippen molar-refractivity contribution in [2.24, 2.45) is 0 Å². The summed E-state index contributed by atoms with van der Waals surface area (Å²) in [5.41, 5.74) is 0. The maximum absolute atomic E-state index is 12.2. The smallest absolute Gasteiger partial charge is 0.220 e. The Hall–Kier alpha value is -1.43. The number of carbonyl (C=O) groups excluding carboxylic acids is 1. The zero-order valence-electron chi connectivity index (χ0n) is 24.1. The Bertz CT molecular complexity index is 587. The van der Waals surface area contributed by atoms with Gasteiger partial charge >= 0.3 is 0 Å². The maximum Gasteiger partial charge on any atom is 0.220 e. The van der Waals surface area contributed by atoms with Crippen LogP contribution in [0.5, 0.6) is 0 Å². The molecule has 3 atom stereocenters. The highest BCUT2D eigenvalue weighted by molar-refractivity contribution is 5.76. The highest BCUT2D eigenvalue weighted by atomic mass is 16.3. The zero-order valence-corrected chi connectivity index (χ0v) is 24.1. The second kappa shape index (κ2) is 27.6. The molecule has 0 heterocycles. The van der Waals surface area contributed by atoms with Crippen molar-refractivity contribution >= 4 is 5.91 Å². The Balaban J connectivity index is 3.88. The van der Waals surface area contributed by atoms with Gasteiger partial charge in [0.1, 0.15) is 6.10 Å². The molecule has 5 heteroatoms. The van der Waals surface area contributed by atoms with Gasteiger partial charge in [-0.1, -0.05) is 95.2 Å². The largest absolute Gasteiger partial charge is 0.394 e. The van der Waals surface area contributed by atoms with Crippen LogP contribution >= 0.6 is 0 Å². The molecule has 37 heavy (non-hydrogen) atoms. The van der Waals surface area contributed by atoms with E-state index in [-0.39, 0.29) is 12.5 Å². The number of aliphatic hydroxyl groups is 3. The summed E-state index contributed by atoms with van der Waals surface area (Å²) in [6.45, 7) is 4.04. The molecule has 0 spiro atoms. The molecule has 5 nitrogen and oxygen atoms in total. The molecule has 3 unspecified atom stereocenters. The Morgan fingerprint density at radius 3 is 1.73 bits per heavy atom. The van der Waals surface area contributed by atoms with E-state index >= 15 is 0 Å². The van der Waals surface area contributed by atoms with Crippen molar-refractivity contribution < 1.29 is 20.1 Å². The molecule has 0 saturated carbocycles. The summed E-state index contributed by atoms with van der Waals surface area (Å²) in [5, 5.41) is 33.0. The normalized spacial score (nSPS) is 14.6. The van der Waals surface area contributed by atoms with E-state index in [4.69, 9.17) is 0 Å². The molecule has 0 fully saturated rings. The highest BCUT2D eigenvalue weighted by Gasteiger charge is 2.26. The van der Waals surface area contributed by atoms with Crippen molar-refractivity contribution in [3.8, 4) is 0 Å². The predicted molar refractivity (Wildman–Crippen MR) is 158 cm³/mol. The van der Waals surface area contributed by atoms with Gasteiger partial charge in [0.15, 0.2) is 0 Å². The van der Waals surface area contributed by atoms with Crippen LogP contribution in [-0.4, -0.2) is 46.1 Å². The predicted octanol–water partition coefficient (Wildman–Crippen LogP) is 7.31. The molecule has 0 aromatic carbocycles. The van der Waals surface area contributed by atoms with Crippen LogP contribution in [0.15, 0.2) is 36.5 Å². The molecular weight excluding hydrogens is 462 g/mol. The second-order valence-corrected chi connectivity index (χ2v) is 10.3. The summed E-state index contributed by atoms with van der Waals surface area (Å²) in [5.74, 6) is -0.175. The Kier molecular flexibility index (Phi) is 26.5. The van der Waals surface area contributed by atoms with E-state index in [1.165, 1.54) is 57.8 Å². The van der Waals surface area contributed by atoms with Gasteiger partial charge in [-0.2, -0.15) is 0 Å². The molecule has 0 aromatic rings. The standard InChI is InChI=1S/C32H59NO4/c1-3-5-7-9-11-13-15-17-18-20-22-24-26-30(35)32(37)29(28-34)33-31(36)27-25-23-21-19-16-14-12-10-8-6-4-2/h10-13,18,20,29-30,32,34-35,37H,3-9,14-17,19,21-28H2,1-2H3,(H,33,36)/b12-10-,13-11+,20-18+. The molecule has 0 aliphatic carbocycles. The lowest BCUT2D eigenvalue weighted by Crippen LogP contribution is -2.50. The van der Waals surface area contributed by atoms with Crippen molar-refractivity contribution in [3.05, 3.63) is 36.5 Å². The van der Waals surface area contributed by atoms with Gasteiger partial charge in [-0.25, -0.2) is 0 Å². The van der Waals surface area contributed by atoms with Crippen LogP contribution in [0.25, 0.3) is 0 Å². The van der Waals surface area contributed by atoms with E-state index in [9.17, 15) is 20.1 Å². The zero-order chi connectivity index (χ0) is 27.4. The first kappa shape index (κ1) is 35.6. The summed E-state index contributed by atoms with van der Waals surface area (Å²) in [6, 6.07) is -0.832. The lowest BCUT2D eigenvalue weighted by atomic mass is 10.0. The third-order valence-corrected chi connectivity index (χ3v) is 6.69. The Morgan fingerprint density at radius 2 is 1.14 bits per heavy atom. The van der Waals surface area contributed by atoms with E-state index in [2.05, 4.69) is 55.6 Å². The van der Waals surface area contributed by atoms with Crippen molar-refractivity contribution in [2.75, 3.05) is 6.61 Å². The molecule has 0 radical (unpaired) electrons. The van der Waals surface area contributed by atoms with E-state index in [0.29, 0.717) is 12.8 Å².